The first kappa shape index (κ1) is 11.1. The van der Waals surface area contributed by atoms with Crippen LogP contribution in [0.4, 0.5) is 0 Å². The van der Waals surface area contributed by atoms with Gasteiger partial charge in [-0.2, -0.15) is 0 Å². The van der Waals surface area contributed by atoms with Crippen LogP contribution in [0.1, 0.15) is 5.56 Å². The molecule has 0 aliphatic heterocycles. The molecule has 86 valence electrons. The van der Waals surface area contributed by atoms with Crippen LogP contribution in [0, 0.1) is 0 Å². The fourth-order valence-electron chi connectivity index (χ4n) is 1.48. The van der Waals surface area contributed by atoms with Gasteiger partial charge in [0.05, 0.1) is 6.10 Å². The molecule has 0 radical (unpaired) electrons. The zero-order chi connectivity index (χ0) is 11.4. The van der Waals surface area contributed by atoms with Gasteiger partial charge in [0.25, 0.3) is 0 Å². The number of nitrogens with zero attached hydrogens (tertiary/aromatic N) is 1. The first-order valence-electron chi connectivity index (χ1n) is 5.20. The molecule has 5 heteroatoms. The molecule has 0 saturated carbocycles. The Morgan fingerprint density at radius 2 is 2.38 bits per heavy atom. The Morgan fingerprint density at radius 1 is 1.50 bits per heavy atom. The Hall–Kier alpha value is -1.43. The summed E-state index contributed by atoms with van der Waals surface area (Å²) in [5.41, 5.74) is 8.02. The van der Waals surface area contributed by atoms with Gasteiger partial charge >= 0.3 is 0 Å². The Labute approximate surface area is 93.3 Å². The molecule has 16 heavy (non-hydrogen) atoms. The molecule has 0 fully saturated rings. The van der Waals surface area contributed by atoms with Crippen LogP contribution in [-0.4, -0.2) is 29.3 Å². The lowest BCUT2D eigenvalue weighted by Gasteiger charge is -2.08. The van der Waals surface area contributed by atoms with Gasteiger partial charge in [0, 0.05) is 19.6 Å². The zero-order valence-electron chi connectivity index (χ0n) is 8.89. The number of rotatable bonds is 5. The van der Waals surface area contributed by atoms with Crippen LogP contribution in [0.5, 0.6) is 0 Å². The summed E-state index contributed by atoms with van der Waals surface area (Å²) in [4.78, 5) is 4.04. The van der Waals surface area contributed by atoms with Crippen molar-refractivity contribution in [2.45, 2.75) is 12.6 Å². The van der Waals surface area contributed by atoms with Gasteiger partial charge in [0.2, 0.25) is 0 Å². The third-order valence-corrected chi connectivity index (χ3v) is 2.38. The number of aliphatic hydroxyl groups excluding tert-OH is 1. The number of aromatic nitrogens is 1. The number of hydrogen-bond donors (Lipinski definition) is 3. The van der Waals surface area contributed by atoms with Crippen molar-refractivity contribution in [1.29, 1.82) is 0 Å². The molecule has 1 aromatic heterocycles. The van der Waals surface area contributed by atoms with Crippen LogP contribution in [0.25, 0.3) is 11.1 Å². The van der Waals surface area contributed by atoms with E-state index < -0.39 is 6.10 Å². The Morgan fingerprint density at radius 3 is 3.19 bits per heavy atom. The van der Waals surface area contributed by atoms with Crippen molar-refractivity contribution >= 4 is 11.1 Å². The second-order valence-electron chi connectivity index (χ2n) is 3.67. The Balaban J connectivity index is 1.93. The van der Waals surface area contributed by atoms with Gasteiger partial charge in [0.1, 0.15) is 5.52 Å². The summed E-state index contributed by atoms with van der Waals surface area (Å²) in [5.74, 6) is 0. The molecule has 2 rings (SSSR count). The smallest absolute Gasteiger partial charge is 0.181 e. The van der Waals surface area contributed by atoms with Crippen molar-refractivity contribution in [1.82, 2.24) is 10.3 Å². The monoisotopic (exact) mass is 221 g/mol. The number of oxazole rings is 1. The molecule has 1 aromatic carbocycles. The second-order valence-corrected chi connectivity index (χ2v) is 3.67. The predicted molar refractivity (Wildman–Crippen MR) is 60.8 cm³/mol. The Bertz CT molecular complexity index is 455. The largest absolute Gasteiger partial charge is 0.443 e. The normalized spacial score (nSPS) is 13.1. The SMILES string of the molecule is NCC(O)CNCc1ccc2ncoc2c1. The van der Waals surface area contributed by atoms with Crippen molar-refractivity contribution in [3.05, 3.63) is 30.2 Å². The highest BCUT2D eigenvalue weighted by molar-refractivity contribution is 5.72. The Kier molecular flexibility index (Phi) is 3.51. The fraction of sp³-hybridized carbons (Fsp3) is 0.364. The minimum atomic E-state index is -0.492. The van der Waals surface area contributed by atoms with Crippen LogP contribution in [0.15, 0.2) is 29.0 Å². The third kappa shape index (κ3) is 2.57. The molecule has 0 aliphatic rings. The molecular formula is C11H15N3O2. The van der Waals surface area contributed by atoms with Crippen LogP contribution in [-0.2, 0) is 6.54 Å². The van der Waals surface area contributed by atoms with Crippen molar-refractivity contribution in [3.63, 3.8) is 0 Å². The maximum absolute atomic E-state index is 9.26. The number of fused-ring (bicyclic) bond motifs is 1. The highest BCUT2D eigenvalue weighted by Gasteiger charge is 2.02. The topological polar surface area (TPSA) is 84.3 Å². The molecule has 5 nitrogen and oxygen atoms in total. The van der Waals surface area contributed by atoms with Crippen molar-refractivity contribution in [2.24, 2.45) is 5.73 Å². The molecule has 4 N–H and O–H groups in total. The van der Waals surface area contributed by atoms with Gasteiger partial charge in [-0.05, 0) is 17.7 Å². The number of hydrogen-bond acceptors (Lipinski definition) is 5. The van der Waals surface area contributed by atoms with E-state index in [4.69, 9.17) is 10.2 Å². The average Bonchev–Trinajstić information content (AvgIpc) is 2.76. The minimum Gasteiger partial charge on any atom is -0.443 e. The standard InChI is InChI=1S/C11H15N3O2/c12-4-9(15)6-13-5-8-1-2-10-11(3-8)16-7-14-10/h1-3,7,9,13,15H,4-6,12H2. The van der Waals surface area contributed by atoms with Crippen LogP contribution in [0.3, 0.4) is 0 Å². The van der Waals surface area contributed by atoms with Gasteiger partial charge in [-0.1, -0.05) is 6.07 Å². The zero-order valence-corrected chi connectivity index (χ0v) is 8.89. The summed E-state index contributed by atoms with van der Waals surface area (Å²) in [7, 11) is 0. The van der Waals surface area contributed by atoms with E-state index in [0.717, 1.165) is 16.7 Å². The molecular weight excluding hydrogens is 206 g/mol. The first-order chi connectivity index (χ1) is 7.79. The van der Waals surface area contributed by atoms with E-state index in [9.17, 15) is 5.11 Å². The molecule has 0 saturated heterocycles. The summed E-state index contributed by atoms with van der Waals surface area (Å²) in [5, 5.41) is 12.4. The van der Waals surface area contributed by atoms with Crippen LogP contribution >= 0.6 is 0 Å². The van der Waals surface area contributed by atoms with E-state index in [1.807, 2.05) is 18.2 Å². The van der Waals surface area contributed by atoms with Crippen molar-refractivity contribution < 1.29 is 9.52 Å². The first-order valence-corrected chi connectivity index (χ1v) is 5.20. The van der Waals surface area contributed by atoms with E-state index in [0.29, 0.717) is 13.1 Å². The number of aliphatic hydroxyl groups is 1. The molecule has 0 amide bonds. The predicted octanol–water partition coefficient (Wildman–Crippen LogP) is 0.237. The van der Waals surface area contributed by atoms with E-state index in [1.54, 1.807) is 0 Å². The maximum atomic E-state index is 9.26. The van der Waals surface area contributed by atoms with Gasteiger partial charge in [-0.15, -0.1) is 0 Å². The van der Waals surface area contributed by atoms with E-state index in [-0.39, 0.29) is 6.54 Å². The van der Waals surface area contributed by atoms with Gasteiger partial charge in [-0.3, -0.25) is 0 Å². The lowest BCUT2D eigenvalue weighted by Crippen LogP contribution is -2.32. The highest BCUT2D eigenvalue weighted by atomic mass is 16.3. The molecule has 1 unspecified atom stereocenters. The summed E-state index contributed by atoms with van der Waals surface area (Å²) in [6, 6.07) is 5.83. The highest BCUT2D eigenvalue weighted by Crippen LogP contribution is 2.13. The van der Waals surface area contributed by atoms with E-state index in [1.165, 1.54) is 6.39 Å². The fourth-order valence-corrected chi connectivity index (χ4v) is 1.48. The van der Waals surface area contributed by atoms with Gasteiger partial charge in [-0.25, -0.2) is 4.98 Å². The number of nitrogens with one attached hydrogen (secondary N) is 1. The van der Waals surface area contributed by atoms with E-state index in [2.05, 4.69) is 10.3 Å². The molecule has 1 heterocycles. The number of benzene rings is 1. The maximum Gasteiger partial charge on any atom is 0.181 e. The average molecular weight is 221 g/mol. The molecule has 2 aromatic rings. The van der Waals surface area contributed by atoms with E-state index >= 15 is 0 Å². The van der Waals surface area contributed by atoms with Crippen LogP contribution < -0.4 is 11.1 Å². The molecule has 0 spiro atoms. The lowest BCUT2D eigenvalue weighted by atomic mass is 10.2. The number of nitrogens with two attached hydrogens (primary N) is 1. The molecule has 1 atom stereocenters. The van der Waals surface area contributed by atoms with Crippen LogP contribution in [0.2, 0.25) is 0 Å². The molecule has 0 bridgehead atoms. The molecule has 0 aliphatic carbocycles. The quantitative estimate of drug-likeness (QED) is 0.673. The summed E-state index contributed by atoms with van der Waals surface area (Å²) >= 11 is 0. The minimum absolute atomic E-state index is 0.272. The summed E-state index contributed by atoms with van der Waals surface area (Å²) < 4.78 is 5.20. The summed E-state index contributed by atoms with van der Waals surface area (Å²) in [6.07, 6.45) is 0.939. The van der Waals surface area contributed by atoms with Gasteiger partial charge in [0.15, 0.2) is 12.0 Å². The van der Waals surface area contributed by atoms with Crippen molar-refractivity contribution in [2.75, 3.05) is 13.1 Å². The second kappa shape index (κ2) is 5.07. The summed E-state index contributed by atoms with van der Waals surface area (Å²) in [6.45, 7) is 1.44. The van der Waals surface area contributed by atoms with Crippen molar-refractivity contribution in [3.8, 4) is 0 Å². The van der Waals surface area contributed by atoms with Gasteiger partial charge < -0.3 is 20.6 Å². The third-order valence-electron chi connectivity index (χ3n) is 2.38. The lowest BCUT2D eigenvalue weighted by molar-refractivity contribution is 0.179.